The maximum Gasteiger partial charge on any atom is 0.391 e. The Balaban J connectivity index is 3.75. The van der Waals surface area contributed by atoms with Crippen molar-refractivity contribution in [3.63, 3.8) is 0 Å². The largest absolute Gasteiger partial charge is 0.391 e. The Hall–Kier alpha value is -0.320. The van der Waals surface area contributed by atoms with Gasteiger partial charge in [-0.15, -0.1) is 0 Å². The van der Waals surface area contributed by atoms with E-state index in [0.717, 1.165) is 6.92 Å². The third-order valence-corrected chi connectivity index (χ3v) is 1.92. The monoisotopic (exact) mass is 216 g/mol. The molecule has 0 radical (unpaired) electrons. The number of hydrogen-bond acceptors (Lipinski definition) is 1. The molecule has 0 spiro atoms. The highest BCUT2D eigenvalue weighted by Crippen LogP contribution is 2.28. The van der Waals surface area contributed by atoms with Crippen molar-refractivity contribution in [2.75, 3.05) is 13.3 Å². The van der Waals surface area contributed by atoms with Crippen LogP contribution in [-0.4, -0.2) is 25.1 Å². The minimum Gasteiger partial charge on any atom is -0.373 e. The number of hydrogen-bond donors (Lipinski definition) is 0. The number of halogens is 4. The fraction of sp³-hybridized carbons (Fsp3) is 1.00. The highest BCUT2D eigenvalue weighted by molar-refractivity contribution is 4.68. The predicted molar refractivity (Wildman–Crippen MR) is 45.8 cm³/mol. The van der Waals surface area contributed by atoms with Crippen molar-refractivity contribution in [1.29, 1.82) is 0 Å². The van der Waals surface area contributed by atoms with Gasteiger partial charge in [0.05, 0.1) is 11.5 Å². The molecule has 0 aliphatic rings. The molecule has 1 nitrogen and oxygen atoms in total. The zero-order valence-electron chi connectivity index (χ0n) is 8.62. The van der Waals surface area contributed by atoms with Crippen molar-refractivity contribution in [2.45, 2.75) is 39.0 Å². The van der Waals surface area contributed by atoms with Gasteiger partial charge < -0.3 is 4.74 Å². The van der Waals surface area contributed by atoms with Crippen LogP contribution >= 0.6 is 0 Å². The molecule has 1 unspecified atom stereocenters. The van der Waals surface area contributed by atoms with E-state index in [0.29, 0.717) is 0 Å². The first-order chi connectivity index (χ1) is 6.19. The second kappa shape index (κ2) is 4.96. The normalized spacial score (nSPS) is 15.6. The van der Waals surface area contributed by atoms with E-state index in [2.05, 4.69) is 0 Å². The van der Waals surface area contributed by atoms with Crippen LogP contribution in [0.4, 0.5) is 17.6 Å². The van der Waals surface area contributed by atoms with Gasteiger partial charge in [0.1, 0.15) is 6.67 Å². The molecule has 5 heteroatoms. The van der Waals surface area contributed by atoms with Gasteiger partial charge in [0.2, 0.25) is 0 Å². The summed E-state index contributed by atoms with van der Waals surface area (Å²) in [7, 11) is 0. The van der Waals surface area contributed by atoms with Crippen LogP contribution < -0.4 is 0 Å². The molecule has 0 rings (SSSR count). The Morgan fingerprint density at radius 1 is 1.21 bits per heavy atom. The standard InChI is InChI=1S/C9H16F4O/c1-7(9(11,12)13)4-5-14-8(2,3)6-10/h7H,4-6H2,1-3H3. The molecule has 0 N–H and O–H groups in total. The average Bonchev–Trinajstić information content (AvgIpc) is 2.02. The molecule has 0 saturated heterocycles. The summed E-state index contributed by atoms with van der Waals surface area (Å²) in [5.74, 6) is -1.40. The molecular formula is C9H16F4O. The zero-order valence-corrected chi connectivity index (χ0v) is 8.62. The molecular weight excluding hydrogens is 200 g/mol. The number of rotatable bonds is 5. The van der Waals surface area contributed by atoms with Crippen LogP contribution in [0.5, 0.6) is 0 Å². The summed E-state index contributed by atoms with van der Waals surface area (Å²) in [4.78, 5) is 0. The highest BCUT2D eigenvalue weighted by atomic mass is 19.4. The number of ether oxygens (including phenoxy) is 1. The van der Waals surface area contributed by atoms with Crippen LogP contribution in [0.1, 0.15) is 27.2 Å². The SMILES string of the molecule is CC(CCOC(C)(C)CF)C(F)(F)F. The minimum absolute atomic E-state index is 0.0718. The first-order valence-corrected chi connectivity index (χ1v) is 4.45. The van der Waals surface area contributed by atoms with Crippen molar-refractivity contribution in [2.24, 2.45) is 5.92 Å². The van der Waals surface area contributed by atoms with Crippen LogP contribution in [0.2, 0.25) is 0 Å². The smallest absolute Gasteiger partial charge is 0.373 e. The van der Waals surface area contributed by atoms with E-state index in [1.165, 1.54) is 13.8 Å². The summed E-state index contributed by atoms with van der Waals surface area (Å²) in [5, 5.41) is 0. The summed E-state index contributed by atoms with van der Waals surface area (Å²) >= 11 is 0. The van der Waals surface area contributed by atoms with Crippen molar-refractivity contribution < 1.29 is 22.3 Å². The summed E-state index contributed by atoms with van der Waals surface area (Å²) in [6, 6.07) is 0. The van der Waals surface area contributed by atoms with Crippen LogP contribution in [0.15, 0.2) is 0 Å². The summed E-state index contributed by atoms with van der Waals surface area (Å²) in [5.41, 5.74) is -0.981. The summed E-state index contributed by atoms with van der Waals surface area (Å²) in [6.45, 7) is 3.33. The van der Waals surface area contributed by atoms with Gasteiger partial charge in [-0.05, 0) is 20.3 Å². The first kappa shape index (κ1) is 13.7. The lowest BCUT2D eigenvalue weighted by Crippen LogP contribution is -2.29. The van der Waals surface area contributed by atoms with Gasteiger partial charge in [-0.25, -0.2) is 4.39 Å². The maximum atomic E-state index is 12.2. The summed E-state index contributed by atoms with van der Waals surface area (Å²) in [6.07, 6.45) is -4.32. The fourth-order valence-corrected chi connectivity index (χ4v) is 0.714. The molecule has 0 heterocycles. The molecule has 0 aromatic rings. The fourth-order valence-electron chi connectivity index (χ4n) is 0.714. The van der Waals surface area contributed by atoms with Gasteiger partial charge in [0.15, 0.2) is 0 Å². The third kappa shape index (κ3) is 5.42. The van der Waals surface area contributed by atoms with Crippen LogP contribution in [-0.2, 0) is 4.74 Å². The molecule has 0 amide bonds. The second-order valence-electron chi connectivity index (χ2n) is 3.97. The highest BCUT2D eigenvalue weighted by Gasteiger charge is 2.35. The Labute approximate surface area is 81.4 Å². The van der Waals surface area contributed by atoms with Crippen LogP contribution in [0, 0.1) is 5.92 Å². The Morgan fingerprint density at radius 2 is 1.71 bits per heavy atom. The maximum absolute atomic E-state index is 12.2. The third-order valence-electron chi connectivity index (χ3n) is 1.92. The molecule has 0 aromatic heterocycles. The van der Waals surface area contributed by atoms with Crippen molar-refractivity contribution in [3.05, 3.63) is 0 Å². The summed E-state index contributed by atoms with van der Waals surface area (Å²) < 4.78 is 53.2. The molecule has 0 bridgehead atoms. The van der Waals surface area contributed by atoms with Crippen molar-refractivity contribution in [1.82, 2.24) is 0 Å². The van der Waals surface area contributed by atoms with Crippen LogP contribution in [0.25, 0.3) is 0 Å². The van der Waals surface area contributed by atoms with Gasteiger partial charge in [-0.3, -0.25) is 0 Å². The molecule has 0 aromatic carbocycles. The second-order valence-corrected chi connectivity index (χ2v) is 3.97. The average molecular weight is 216 g/mol. The van der Waals surface area contributed by atoms with E-state index in [-0.39, 0.29) is 13.0 Å². The zero-order chi connectivity index (χ0) is 11.4. The number of alkyl halides is 4. The molecule has 1 atom stereocenters. The lowest BCUT2D eigenvalue weighted by molar-refractivity contribution is -0.177. The lowest BCUT2D eigenvalue weighted by atomic mass is 10.1. The Bertz CT molecular complexity index is 165. The van der Waals surface area contributed by atoms with Gasteiger partial charge in [-0.1, -0.05) is 6.92 Å². The topological polar surface area (TPSA) is 9.23 Å². The lowest BCUT2D eigenvalue weighted by Gasteiger charge is -2.23. The van der Waals surface area contributed by atoms with Gasteiger partial charge >= 0.3 is 6.18 Å². The van der Waals surface area contributed by atoms with E-state index in [9.17, 15) is 17.6 Å². The molecule has 86 valence electrons. The van der Waals surface area contributed by atoms with Gasteiger partial charge in [0, 0.05) is 6.61 Å². The van der Waals surface area contributed by atoms with E-state index in [4.69, 9.17) is 4.74 Å². The van der Waals surface area contributed by atoms with E-state index in [1.54, 1.807) is 0 Å². The predicted octanol–water partition coefficient (Wildman–Crippen LogP) is 3.34. The quantitative estimate of drug-likeness (QED) is 0.640. The Morgan fingerprint density at radius 3 is 2.07 bits per heavy atom. The van der Waals surface area contributed by atoms with E-state index < -0.39 is 24.4 Å². The van der Waals surface area contributed by atoms with E-state index >= 15 is 0 Å². The van der Waals surface area contributed by atoms with E-state index in [1.807, 2.05) is 0 Å². The van der Waals surface area contributed by atoms with Crippen LogP contribution in [0.3, 0.4) is 0 Å². The Kier molecular flexibility index (Phi) is 4.84. The van der Waals surface area contributed by atoms with Crippen molar-refractivity contribution in [3.8, 4) is 0 Å². The minimum atomic E-state index is -4.19. The molecule has 0 aliphatic heterocycles. The van der Waals surface area contributed by atoms with Gasteiger partial charge in [-0.2, -0.15) is 13.2 Å². The molecule has 0 saturated carbocycles. The van der Waals surface area contributed by atoms with Crippen molar-refractivity contribution >= 4 is 0 Å². The first-order valence-electron chi connectivity index (χ1n) is 4.45. The molecule has 0 aliphatic carbocycles. The molecule has 0 fully saturated rings. The van der Waals surface area contributed by atoms with Gasteiger partial charge in [0.25, 0.3) is 0 Å². The molecule has 14 heavy (non-hydrogen) atoms.